The fraction of sp³-hybridized carbons (Fsp3) is 0.579. The van der Waals surface area contributed by atoms with Crippen molar-refractivity contribution < 1.29 is 26.4 Å². The molecule has 26 heavy (non-hydrogen) atoms. The molecule has 1 fully saturated rings. The Morgan fingerprint density at radius 3 is 3.15 bits per heavy atom. The maximum absolute atomic E-state index is 13.4. The highest BCUT2D eigenvalue weighted by Gasteiger charge is 2.23. The van der Waals surface area contributed by atoms with Crippen LogP contribution in [0.5, 0.6) is 5.75 Å². The Morgan fingerprint density at radius 1 is 1.65 bits per heavy atom. The number of aromatic nitrogens is 1. The van der Waals surface area contributed by atoms with Gasteiger partial charge in [-0.25, -0.2) is 0 Å². The third-order valence-electron chi connectivity index (χ3n) is 3.95. The number of aromatic hydroxyl groups is 1. The van der Waals surface area contributed by atoms with Gasteiger partial charge in [-0.15, -0.1) is 11.3 Å². The van der Waals surface area contributed by atoms with Crippen molar-refractivity contribution in [2.75, 3.05) is 26.1 Å². The lowest BCUT2D eigenvalue weighted by Crippen LogP contribution is -2.36. The van der Waals surface area contributed by atoms with Crippen LogP contribution in [-0.4, -0.2) is 46.6 Å². The van der Waals surface area contributed by atoms with Crippen LogP contribution in [0, 0.1) is 0 Å². The van der Waals surface area contributed by atoms with Crippen molar-refractivity contribution in [2.24, 2.45) is 0 Å². The van der Waals surface area contributed by atoms with Gasteiger partial charge < -0.3 is 15.3 Å². The molecule has 2 N–H and O–H groups in total. The maximum Gasteiger partial charge on any atom is 0.268 e. The molecule has 1 saturated heterocycles. The van der Waals surface area contributed by atoms with Gasteiger partial charge in [-0.3, -0.25) is 14.2 Å². The lowest BCUT2D eigenvalue weighted by atomic mass is 10.1. The van der Waals surface area contributed by atoms with Gasteiger partial charge in [-0.2, -0.15) is 0 Å². The number of hydrogen-bond donors (Lipinski definition) is 2. The molecule has 6 nitrogen and oxygen atoms in total. The predicted octanol–water partition coefficient (Wildman–Crippen LogP) is 2.96. The van der Waals surface area contributed by atoms with E-state index in [2.05, 4.69) is 0 Å². The molecule has 1 aliphatic heterocycles. The van der Waals surface area contributed by atoms with Gasteiger partial charge in [0.2, 0.25) is 0 Å². The Balaban J connectivity index is 2.07. The average molecular weight is 390 g/mol. The van der Waals surface area contributed by atoms with Crippen LogP contribution in [0.25, 0.3) is 10.2 Å². The van der Waals surface area contributed by atoms with Gasteiger partial charge in [0.05, 0.1) is 9.50 Å². The Morgan fingerprint density at radius 2 is 2.42 bits per heavy atom. The first-order valence-electron chi connectivity index (χ1n) is 14.0. The smallest absolute Gasteiger partial charge is 0.268 e. The van der Waals surface area contributed by atoms with Gasteiger partial charge >= 0.3 is 0 Å². The summed E-state index contributed by atoms with van der Waals surface area (Å²) < 4.78 is 96.3. The summed E-state index contributed by atoms with van der Waals surface area (Å²) in [4.78, 5) is 27.7. The lowest BCUT2D eigenvalue weighted by Gasteiger charge is -2.26. The molecule has 0 spiro atoms. The van der Waals surface area contributed by atoms with E-state index < -0.39 is 83.1 Å². The highest BCUT2D eigenvalue weighted by atomic mass is 32.1. The van der Waals surface area contributed by atoms with Crippen molar-refractivity contribution in [3.63, 3.8) is 0 Å². The summed E-state index contributed by atoms with van der Waals surface area (Å²) in [6.07, 6.45) is -1.91. The molecule has 0 aromatic carbocycles. The number of amides is 1. The topological polar surface area (TPSA) is 74.6 Å². The van der Waals surface area contributed by atoms with Gasteiger partial charge in [0.25, 0.3) is 11.5 Å². The highest BCUT2D eigenvalue weighted by molar-refractivity contribution is 7.16. The molecule has 7 heteroatoms. The van der Waals surface area contributed by atoms with Crippen LogP contribution in [0.1, 0.15) is 70.9 Å². The average Bonchev–Trinajstić information content (AvgIpc) is 3.05. The first kappa shape index (κ1) is 8.89. The standard InChI is InChI=1S/C19H27N3O3S/c1-13(2)22-18(25)15(16(23)14-7-12-26-19(14)22)17(24)20-8-6-11-21-9-4-3-5-10-21/h7,12-13,23H,3-6,8-11H2,1-2H3,(H,20,24)/i1D3,3D2,7D,8D2,11D,12D,13D/hD. The number of hydrogen-bond acceptors (Lipinski definition) is 5. The quantitative estimate of drug-likeness (QED) is 0.796. The molecule has 3 heterocycles. The molecule has 1 amide bonds. The second-order valence-electron chi connectivity index (χ2n) is 5.71. The van der Waals surface area contributed by atoms with Crippen LogP contribution in [-0.2, 0) is 0 Å². The van der Waals surface area contributed by atoms with Gasteiger partial charge in [-0.05, 0) is 64.0 Å². The van der Waals surface area contributed by atoms with E-state index >= 15 is 0 Å². The molecular formula is C19H27N3O3S. The van der Waals surface area contributed by atoms with Crippen LogP contribution < -0.4 is 10.9 Å². The zero-order valence-electron chi connectivity index (χ0n) is 26.1. The minimum Gasteiger partial charge on any atom is -0.506 e. The second-order valence-corrected chi connectivity index (χ2v) is 6.50. The minimum absolute atomic E-state index is 0.117. The minimum atomic E-state index is -3.15. The number of piperidine rings is 1. The summed E-state index contributed by atoms with van der Waals surface area (Å²) in [6.45, 7) is -6.13. The molecule has 0 radical (unpaired) electrons. The summed E-state index contributed by atoms with van der Waals surface area (Å²) in [7, 11) is 0. The summed E-state index contributed by atoms with van der Waals surface area (Å²) in [6, 6.07) is -3.38. The van der Waals surface area contributed by atoms with Gasteiger partial charge in [0.1, 0.15) is 16.1 Å². The van der Waals surface area contributed by atoms with Crippen LogP contribution in [0.4, 0.5) is 0 Å². The SMILES string of the molecule is [2H]c1sc2c(c1[2H])c(O)c(C(=O)N([2H])C([2H])([2H])CC([2H])N1CCC([2H])([2H])CC1)c(=O)n2C([2H])(C)C([2H])([2H])[2H]. The normalized spacial score (nSPS) is 28.8. The molecule has 1 aliphatic rings. The first-order chi connectivity index (χ1) is 17.1. The van der Waals surface area contributed by atoms with Crippen molar-refractivity contribution >= 4 is 27.5 Å². The van der Waals surface area contributed by atoms with E-state index in [0.29, 0.717) is 15.9 Å². The summed E-state index contributed by atoms with van der Waals surface area (Å²) >= 11 is 0.444. The lowest BCUT2D eigenvalue weighted by molar-refractivity contribution is 0.0946. The van der Waals surface area contributed by atoms with Crippen molar-refractivity contribution in [3.8, 4) is 5.75 Å². The molecular weight excluding hydrogens is 350 g/mol. The van der Waals surface area contributed by atoms with Crippen molar-refractivity contribution in [2.45, 2.75) is 45.4 Å². The number of fused-ring (bicyclic) bond motifs is 1. The van der Waals surface area contributed by atoms with Crippen LogP contribution in [0.3, 0.4) is 0 Å². The number of rotatable bonds is 6. The molecule has 0 bridgehead atoms. The molecule has 2 aromatic heterocycles. The molecule has 142 valence electrons. The predicted molar refractivity (Wildman–Crippen MR) is 105 cm³/mol. The van der Waals surface area contributed by atoms with E-state index in [1.165, 1.54) is 4.90 Å². The first-order valence-corrected chi connectivity index (χ1v) is 8.83. The van der Waals surface area contributed by atoms with E-state index in [0.717, 1.165) is 6.92 Å². The maximum atomic E-state index is 13.4. The van der Waals surface area contributed by atoms with E-state index in [4.69, 9.17) is 16.5 Å². The van der Waals surface area contributed by atoms with Crippen molar-refractivity contribution in [3.05, 3.63) is 27.3 Å². The summed E-state index contributed by atoms with van der Waals surface area (Å²) in [5, 5.41) is 9.49. The Labute approximate surface area is 174 Å². The van der Waals surface area contributed by atoms with Crippen LogP contribution in [0.2, 0.25) is 1.41 Å². The summed E-state index contributed by atoms with van der Waals surface area (Å²) in [5.74, 6) is -2.82. The third-order valence-corrected chi connectivity index (χ3v) is 4.74. The van der Waals surface area contributed by atoms with Gasteiger partial charge in [0, 0.05) is 23.5 Å². The molecule has 0 aliphatic carbocycles. The molecule has 2 aromatic rings. The van der Waals surface area contributed by atoms with Crippen LogP contribution >= 0.6 is 11.3 Å². The fourth-order valence-corrected chi connectivity index (χ4v) is 3.49. The summed E-state index contributed by atoms with van der Waals surface area (Å²) in [5.41, 5.74) is -2.75. The number of likely N-dealkylation sites (tertiary alicyclic amines) is 1. The Hall–Kier alpha value is -1.86. The largest absolute Gasteiger partial charge is 0.506 e. The number of carbonyl (C=O) groups is 1. The fourth-order valence-electron chi connectivity index (χ4n) is 2.68. The van der Waals surface area contributed by atoms with E-state index in [-0.39, 0.29) is 31.2 Å². The monoisotopic (exact) mass is 389 g/mol. The number of nitrogens with zero attached hydrogens (tertiary/aromatic N) is 2. The van der Waals surface area contributed by atoms with Gasteiger partial charge in [-0.1, -0.05) is 6.37 Å². The Kier molecular flexibility index (Phi) is 2.81. The molecule has 0 saturated carbocycles. The molecule has 2 unspecified atom stereocenters. The van der Waals surface area contributed by atoms with Crippen molar-refractivity contribution in [1.29, 1.82) is 0 Å². The zero-order chi connectivity index (χ0) is 29.2. The second kappa shape index (κ2) is 8.22. The number of carbonyl (C=O) groups excluding carboxylic acids is 1. The Bertz CT molecular complexity index is 1300. The van der Waals surface area contributed by atoms with E-state index in [1.807, 2.05) is 0 Å². The third kappa shape index (κ3) is 3.78. The highest BCUT2D eigenvalue weighted by Crippen LogP contribution is 2.31. The van der Waals surface area contributed by atoms with Crippen LogP contribution in [0.15, 0.2) is 16.2 Å². The number of thiophene rings is 1. The van der Waals surface area contributed by atoms with Gasteiger partial charge in [0.15, 0.2) is 1.41 Å². The van der Waals surface area contributed by atoms with E-state index in [9.17, 15) is 14.7 Å². The zero-order valence-corrected chi connectivity index (χ0v) is 14.9. The molecule has 3 rings (SSSR count). The number of nitrogens with one attached hydrogen (secondary N) is 1. The number of pyridine rings is 1. The molecule has 2 atom stereocenters. The van der Waals surface area contributed by atoms with E-state index in [1.54, 1.807) is 0 Å². The van der Waals surface area contributed by atoms with Crippen molar-refractivity contribution in [1.82, 2.24) is 14.8 Å².